The Kier molecular flexibility index (Phi) is 20.4. The molecule has 6 amide bonds. The van der Waals surface area contributed by atoms with Crippen molar-refractivity contribution in [2.45, 2.75) is 193 Å². The van der Waals surface area contributed by atoms with E-state index in [2.05, 4.69) is 79.4 Å². The van der Waals surface area contributed by atoms with Gasteiger partial charge in [0.05, 0.1) is 24.2 Å². The van der Waals surface area contributed by atoms with Crippen LogP contribution in [-0.4, -0.2) is 109 Å². The molecule has 3 aliphatic rings. The predicted octanol–water partition coefficient (Wildman–Crippen LogP) is 5.06. The number of hydrogen-bond acceptors (Lipinski definition) is 9. The SMILES string of the molecule is CN[C@@H](C)C(=O)N[C@H](C(=O)N[C@@H](CC#CCCC(=O)N[C@H]1C[C@@H](C(=O)N[C@@H]2CCCc3ccccc32)N(C(=O)[C@@H](NC(=O)[C@H](C)NC)C(C)(C)C)C1)C(=O)CCC[C@@H]1CCCc2ccccc21)C(C)(C)C. The zero-order valence-corrected chi connectivity index (χ0v) is 44.0. The Morgan fingerprint density at radius 3 is 1.89 bits per heavy atom. The summed E-state index contributed by atoms with van der Waals surface area (Å²) < 4.78 is 0. The first-order chi connectivity index (χ1) is 33.6. The molecule has 2 aromatic carbocycles. The van der Waals surface area contributed by atoms with E-state index in [-0.39, 0.29) is 74.1 Å². The predicted molar refractivity (Wildman–Crippen MR) is 277 cm³/mol. The Balaban J connectivity index is 1.26. The molecule has 1 aliphatic heterocycles. The monoisotopic (exact) mass is 979 g/mol. The minimum Gasteiger partial charge on any atom is -0.351 e. The van der Waals surface area contributed by atoms with Crippen molar-refractivity contribution < 1.29 is 33.6 Å². The van der Waals surface area contributed by atoms with Crippen LogP contribution < -0.4 is 37.2 Å². The number of amides is 6. The van der Waals surface area contributed by atoms with Gasteiger partial charge in [-0.05, 0) is 125 Å². The summed E-state index contributed by atoms with van der Waals surface area (Å²) in [5.74, 6) is 4.13. The third-order valence-corrected chi connectivity index (χ3v) is 14.5. The number of carbonyl (C=O) groups is 7. The van der Waals surface area contributed by atoms with Crippen molar-refractivity contribution in [2.24, 2.45) is 10.8 Å². The molecule has 5 rings (SSSR count). The summed E-state index contributed by atoms with van der Waals surface area (Å²) in [5.41, 5.74) is 3.60. The smallest absolute Gasteiger partial charge is 0.246 e. The van der Waals surface area contributed by atoms with Gasteiger partial charge in [0, 0.05) is 38.3 Å². The number of Topliss-reactive ketones (excluding diaryl/α,β-unsaturated/α-hetero) is 1. The average molecular weight is 979 g/mol. The Labute approximate surface area is 422 Å². The van der Waals surface area contributed by atoms with Crippen molar-refractivity contribution in [3.05, 3.63) is 70.8 Å². The van der Waals surface area contributed by atoms with Gasteiger partial charge in [-0.3, -0.25) is 33.6 Å². The highest BCUT2D eigenvalue weighted by Gasteiger charge is 2.46. The number of hydrogen-bond donors (Lipinski definition) is 7. The van der Waals surface area contributed by atoms with Crippen LogP contribution in [0.15, 0.2) is 48.5 Å². The van der Waals surface area contributed by atoms with Gasteiger partial charge in [0.25, 0.3) is 0 Å². The maximum Gasteiger partial charge on any atom is 0.246 e. The molecule has 0 radical (unpaired) electrons. The van der Waals surface area contributed by atoms with Gasteiger partial charge in [-0.15, -0.1) is 11.8 Å². The number of benzene rings is 2. The third kappa shape index (κ3) is 15.7. The van der Waals surface area contributed by atoms with E-state index in [1.807, 2.05) is 59.7 Å². The first-order valence-corrected chi connectivity index (χ1v) is 25.9. The lowest BCUT2D eigenvalue weighted by atomic mass is 9.80. The van der Waals surface area contributed by atoms with Crippen LogP contribution in [0.25, 0.3) is 0 Å². The van der Waals surface area contributed by atoms with Crippen molar-refractivity contribution in [3.63, 3.8) is 0 Å². The lowest BCUT2D eigenvalue weighted by molar-refractivity contribution is -0.144. The highest BCUT2D eigenvalue weighted by atomic mass is 16.2. The van der Waals surface area contributed by atoms with E-state index in [1.165, 1.54) is 21.6 Å². The zero-order chi connectivity index (χ0) is 52.0. The van der Waals surface area contributed by atoms with E-state index >= 15 is 0 Å². The Hall–Kier alpha value is -5.59. The molecular formula is C56H82N8O7. The quantitative estimate of drug-likeness (QED) is 0.0885. The standard InChI is InChI=1S/C56H82N8O7/c1-35(57-9)50(67)62-48(55(3,4)5)53(70)61-44(46(65)31-20-26-38-24-18-23-37-21-14-16-27-41(37)38)29-12-11-13-32-47(66)59-40-33-45(52(69)60-43-30-19-25-39-22-15-17-28-42(39)43)64(34-40)54(71)49(56(6,7)8)63-51(68)36(2)58-10/h14-17,21-22,27-28,35-36,38,40,43-45,48-49,57-58H,13,18-20,23-26,29-34H2,1-10H3,(H,59,66)(H,60,69)(H,61,70)(H,62,67)(H,63,68)/t35-,36-,38-,40-,43+,44-,45-,48+,49+/m0/s1. The van der Waals surface area contributed by atoms with Crippen molar-refractivity contribution in [2.75, 3.05) is 20.6 Å². The van der Waals surface area contributed by atoms with Gasteiger partial charge >= 0.3 is 0 Å². The van der Waals surface area contributed by atoms with E-state index in [0.717, 1.165) is 50.5 Å². The summed E-state index contributed by atoms with van der Waals surface area (Å²) in [6.45, 7) is 14.6. The summed E-state index contributed by atoms with van der Waals surface area (Å²) in [6, 6.07) is 11.0. The molecule has 1 heterocycles. The molecule has 7 N–H and O–H groups in total. The van der Waals surface area contributed by atoms with Gasteiger partial charge < -0.3 is 42.1 Å². The van der Waals surface area contributed by atoms with Gasteiger partial charge in [-0.1, -0.05) is 90.1 Å². The Morgan fingerprint density at radius 1 is 0.690 bits per heavy atom. The van der Waals surface area contributed by atoms with E-state index in [1.54, 1.807) is 27.9 Å². The fourth-order valence-electron chi connectivity index (χ4n) is 9.98. The number of carbonyl (C=O) groups excluding carboxylic acids is 7. The molecule has 0 saturated carbocycles. The van der Waals surface area contributed by atoms with Crippen LogP contribution in [0.5, 0.6) is 0 Å². The summed E-state index contributed by atoms with van der Waals surface area (Å²) in [6.07, 6.45) is 7.97. The minimum atomic E-state index is -0.948. The van der Waals surface area contributed by atoms with Crippen molar-refractivity contribution in [1.82, 2.24) is 42.1 Å². The fourth-order valence-corrected chi connectivity index (χ4v) is 9.98. The number of nitrogens with one attached hydrogen (secondary N) is 7. The molecule has 15 heteroatoms. The second-order valence-electron chi connectivity index (χ2n) is 22.1. The van der Waals surface area contributed by atoms with Gasteiger partial charge in [-0.25, -0.2) is 0 Å². The molecule has 0 unspecified atom stereocenters. The first kappa shape index (κ1) is 56.3. The lowest BCUT2D eigenvalue weighted by Crippen LogP contribution is -2.59. The van der Waals surface area contributed by atoms with E-state index in [4.69, 9.17) is 0 Å². The molecule has 9 atom stereocenters. The van der Waals surface area contributed by atoms with E-state index < -0.39 is 64.9 Å². The maximum atomic E-state index is 14.5. The van der Waals surface area contributed by atoms with Gasteiger partial charge in [0.1, 0.15) is 18.1 Å². The first-order valence-electron chi connectivity index (χ1n) is 25.9. The molecule has 388 valence electrons. The highest BCUT2D eigenvalue weighted by molar-refractivity contribution is 5.95. The van der Waals surface area contributed by atoms with Crippen LogP contribution in [0.4, 0.5) is 0 Å². The number of likely N-dealkylation sites (tertiary alicyclic amines) is 1. The number of fused-ring (bicyclic) bond motifs is 2. The summed E-state index contributed by atoms with van der Waals surface area (Å²) in [4.78, 5) is 97.9. The molecule has 1 saturated heterocycles. The molecule has 0 aromatic heterocycles. The number of ketones is 1. The van der Waals surface area contributed by atoms with Crippen LogP contribution in [0.3, 0.4) is 0 Å². The summed E-state index contributed by atoms with van der Waals surface area (Å²) >= 11 is 0. The highest BCUT2D eigenvalue weighted by Crippen LogP contribution is 2.35. The molecule has 0 bridgehead atoms. The second kappa shape index (κ2) is 25.7. The molecule has 2 aliphatic carbocycles. The van der Waals surface area contributed by atoms with Gasteiger partial charge in [0.2, 0.25) is 35.4 Å². The van der Waals surface area contributed by atoms with Crippen LogP contribution >= 0.6 is 0 Å². The van der Waals surface area contributed by atoms with E-state index in [9.17, 15) is 33.6 Å². The number of aryl methyl sites for hydroxylation is 2. The number of rotatable bonds is 20. The van der Waals surface area contributed by atoms with Crippen molar-refractivity contribution in [3.8, 4) is 11.8 Å². The topological polar surface area (TPSA) is 207 Å². The molecular weight excluding hydrogens is 897 g/mol. The minimum absolute atomic E-state index is 0.0192. The Morgan fingerprint density at radius 2 is 1.27 bits per heavy atom. The maximum absolute atomic E-state index is 14.5. The largest absolute Gasteiger partial charge is 0.351 e. The zero-order valence-electron chi connectivity index (χ0n) is 44.0. The normalized spacial score (nSPS) is 20.8. The number of likely N-dealkylation sites (N-methyl/N-ethyl adjacent to an activating group) is 2. The lowest BCUT2D eigenvalue weighted by Gasteiger charge is -2.36. The molecule has 0 spiro atoms. The second-order valence-corrected chi connectivity index (χ2v) is 22.1. The van der Waals surface area contributed by atoms with Gasteiger partial charge in [-0.2, -0.15) is 0 Å². The molecule has 1 fully saturated rings. The van der Waals surface area contributed by atoms with Crippen molar-refractivity contribution >= 4 is 41.2 Å². The summed E-state index contributed by atoms with van der Waals surface area (Å²) in [5, 5.41) is 20.8. The summed E-state index contributed by atoms with van der Waals surface area (Å²) in [7, 11) is 3.33. The number of nitrogens with zero attached hydrogens (tertiary/aromatic N) is 1. The van der Waals surface area contributed by atoms with Crippen LogP contribution in [0, 0.1) is 22.7 Å². The molecule has 2 aromatic rings. The Bertz CT molecular complexity index is 2270. The molecule has 15 nitrogen and oxygen atoms in total. The van der Waals surface area contributed by atoms with E-state index in [0.29, 0.717) is 12.3 Å². The van der Waals surface area contributed by atoms with Crippen LogP contribution in [0.1, 0.15) is 160 Å². The fraction of sp³-hybridized carbons (Fsp3) is 0.625. The average Bonchev–Trinajstić information content (AvgIpc) is 3.76. The van der Waals surface area contributed by atoms with Crippen LogP contribution in [0.2, 0.25) is 0 Å². The van der Waals surface area contributed by atoms with Gasteiger partial charge in [0.15, 0.2) is 5.78 Å². The third-order valence-electron chi connectivity index (χ3n) is 14.5. The molecule has 71 heavy (non-hydrogen) atoms. The van der Waals surface area contributed by atoms with Crippen molar-refractivity contribution in [1.29, 1.82) is 0 Å². The van der Waals surface area contributed by atoms with Crippen LogP contribution in [-0.2, 0) is 46.4 Å².